The summed E-state index contributed by atoms with van der Waals surface area (Å²) in [5, 5.41) is 3.51. The molecular weight excluding hydrogens is 218 g/mol. The van der Waals surface area contributed by atoms with E-state index in [-0.39, 0.29) is 0 Å². The molecule has 1 N–H and O–H groups in total. The molecule has 1 aliphatic rings. The molecule has 18 heavy (non-hydrogen) atoms. The van der Waals surface area contributed by atoms with Crippen molar-refractivity contribution in [2.75, 3.05) is 5.32 Å². The second-order valence-electron chi connectivity index (χ2n) is 5.18. The third kappa shape index (κ3) is 2.40. The van der Waals surface area contributed by atoms with E-state index in [1.165, 1.54) is 47.2 Å². The number of rotatable bonds is 3. The number of nitrogens with one attached hydrogen (secondary N) is 1. The third-order valence-electron chi connectivity index (χ3n) is 3.72. The van der Waals surface area contributed by atoms with Crippen LogP contribution in [0.2, 0.25) is 0 Å². The Morgan fingerprint density at radius 2 is 1.72 bits per heavy atom. The lowest BCUT2D eigenvalue weighted by atomic mass is 10.1. The van der Waals surface area contributed by atoms with E-state index in [1.54, 1.807) is 0 Å². The van der Waals surface area contributed by atoms with E-state index in [1.807, 2.05) is 0 Å². The third-order valence-corrected chi connectivity index (χ3v) is 3.72. The molecule has 1 heteroatoms. The van der Waals surface area contributed by atoms with Crippen molar-refractivity contribution in [3.8, 4) is 0 Å². The van der Waals surface area contributed by atoms with Crippen LogP contribution in [-0.2, 0) is 19.4 Å². The van der Waals surface area contributed by atoms with Crippen molar-refractivity contribution in [2.45, 2.75) is 32.7 Å². The van der Waals surface area contributed by atoms with Crippen LogP contribution in [0.15, 0.2) is 42.5 Å². The van der Waals surface area contributed by atoms with E-state index < -0.39 is 0 Å². The Labute approximate surface area is 109 Å². The topological polar surface area (TPSA) is 12.0 Å². The normalized spacial score (nSPS) is 13.4. The van der Waals surface area contributed by atoms with Crippen LogP contribution in [0.4, 0.5) is 5.69 Å². The lowest BCUT2D eigenvalue weighted by molar-refractivity contribution is 0.912. The standard InChI is InChI=1S/C17H19N/c1-13-5-7-14(8-6-13)12-18-17-10-9-15-3-2-4-16(15)11-17/h5-11,18H,2-4,12H2,1H3. The molecule has 0 bridgehead atoms. The monoisotopic (exact) mass is 237 g/mol. The average Bonchev–Trinajstić information content (AvgIpc) is 2.85. The maximum Gasteiger partial charge on any atom is 0.0400 e. The lowest BCUT2D eigenvalue weighted by Crippen LogP contribution is -2.00. The first kappa shape index (κ1) is 11.3. The van der Waals surface area contributed by atoms with Gasteiger partial charge in [-0.1, -0.05) is 35.9 Å². The van der Waals surface area contributed by atoms with Crippen molar-refractivity contribution in [1.29, 1.82) is 0 Å². The van der Waals surface area contributed by atoms with Crippen LogP contribution in [0.5, 0.6) is 0 Å². The fraction of sp³-hybridized carbons (Fsp3) is 0.294. The Morgan fingerprint density at radius 1 is 0.944 bits per heavy atom. The van der Waals surface area contributed by atoms with Gasteiger partial charge in [0, 0.05) is 12.2 Å². The van der Waals surface area contributed by atoms with Gasteiger partial charge in [0.2, 0.25) is 0 Å². The zero-order valence-electron chi connectivity index (χ0n) is 10.9. The fourth-order valence-electron chi connectivity index (χ4n) is 2.59. The Bertz CT molecular complexity index is 540. The van der Waals surface area contributed by atoms with Gasteiger partial charge in [-0.05, 0) is 55.0 Å². The molecule has 0 amide bonds. The van der Waals surface area contributed by atoms with E-state index in [0.717, 1.165) is 6.54 Å². The van der Waals surface area contributed by atoms with E-state index >= 15 is 0 Å². The molecule has 2 aromatic carbocycles. The summed E-state index contributed by atoms with van der Waals surface area (Å²) in [6, 6.07) is 15.5. The first-order chi connectivity index (χ1) is 8.81. The highest BCUT2D eigenvalue weighted by molar-refractivity contribution is 5.50. The molecule has 3 rings (SSSR count). The van der Waals surface area contributed by atoms with Crippen molar-refractivity contribution in [2.24, 2.45) is 0 Å². The van der Waals surface area contributed by atoms with Crippen LogP contribution in [0.25, 0.3) is 0 Å². The van der Waals surface area contributed by atoms with Crippen LogP contribution in [0.1, 0.15) is 28.7 Å². The van der Waals surface area contributed by atoms with E-state index in [0.29, 0.717) is 0 Å². The minimum absolute atomic E-state index is 0.902. The predicted octanol–water partition coefficient (Wildman–Crippen LogP) is 4.10. The highest BCUT2D eigenvalue weighted by atomic mass is 14.9. The zero-order valence-corrected chi connectivity index (χ0v) is 10.9. The highest BCUT2D eigenvalue weighted by Crippen LogP contribution is 2.25. The molecule has 0 saturated heterocycles. The summed E-state index contributed by atoms with van der Waals surface area (Å²) in [6.07, 6.45) is 3.82. The van der Waals surface area contributed by atoms with Crippen molar-refractivity contribution < 1.29 is 0 Å². The quantitative estimate of drug-likeness (QED) is 0.847. The molecule has 2 aromatic rings. The zero-order chi connectivity index (χ0) is 12.4. The van der Waals surface area contributed by atoms with Gasteiger partial charge < -0.3 is 5.32 Å². The van der Waals surface area contributed by atoms with Gasteiger partial charge in [-0.2, -0.15) is 0 Å². The first-order valence-corrected chi connectivity index (χ1v) is 6.72. The van der Waals surface area contributed by atoms with Crippen molar-refractivity contribution in [3.63, 3.8) is 0 Å². The van der Waals surface area contributed by atoms with E-state index in [9.17, 15) is 0 Å². The largest absolute Gasteiger partial charge is 0.381 e. The molecule has 0 aromatic heterocycles. The molecule has 0 unspecified atom stereocenters. The van der Waals surface area contributed by atoms with Crippen molar-refractivity contribution in [3.05, 3.63) is 64.7 Å². The second kappa shape index (κ2) is 4.85. The van der Waals surface area contributed by atoms with Crippen LogP contribution in [0.3, 0.4) is 0 Å². The van der Waals surface area contributed by atoms with Gasteiger partial charge in [-0.3, -0.25) is 0 Å². The summed E-state index contributed by atoms with van der Waals surface area (Å²) in [5.74, 6) is 0. The van der Waals surface area contributed by atoms with Gasteiger partial charge in [-0.25, -0.2) is 0 Å². The number of hydrogen-bond donors (Lipinski definition) is 1. The lowest BCUT2D eigenvalue weighted by Gasteiger charge is -2.09. The minimum Gasteiger partial charge on any atom is -0.381 e. The summed E-state index contributed by atoms with van der Waals surface area (Å²) in [4.78, 5) is 0. The summed E-state index contributed by atoms with van der Waals surface area (Å²) >= 11 is 0. The van der Waals surface area contributed by atoms with E-state index in [4.69, 9.17) is 0 Å². The molecule has 1 aliphatic carbocycles. The Morgan fingerprint density at radius 3 is 2.56 bits per heavy atom. The van der Waals surface area contributed by atoms with Crippen LogP contribution in [0, 0.1) is 6.92 Å². The average molecular weight is 237 g/mol. The summed E-state index contributed by atoms with van der Waals surface area (Å²) in [7, 11) is 0. The SMILES string of the molecule is Cc1ccc(CNc2ccc3c(c2)CCC3)cc1. The van der Waals surface area contributed by atoms with Gasteiger partial charge >= 0.3 is 0 Å². The molecule has 0 radical (unpaired) electrons. The molecule has 0 heterocycles. The molecular formula is C17H19N. The maximum atomic E-state index is 3.51. The first-order valence-electron chi connectivity index (χ1n) is 6.72. The van der Waals surface area contributed by atoms with Crippen LogP contribution in [-0.4, -0.2) is 0 Å². The van der Waals surface area contributed by atoms with Crippen molar-refractivity contribution in [1.82, 2.24) is 0 Å². The van der Waals surface area contributed by atoms with Gasteiger partial charge in [-0.15, -0.1) is 0 Å². The van der Waals surface area contributed by atoms with Crippen LogP contribution >= 0.6 is 0 Å². The van der Waals surface area contributed by atoms with Gasteiger partial charge in [0.25, 0.3) is 0 Å². The number of benzene rings is 2. The second-order valence-corrected chi connectivity index (χ2v) is 5.18. The summed E-state index contributed by atoms with van der Waals surface area (Å²) in [6.45, 7) is 3.02. The summed E-state index contributed by atoms with van der Waals surface area (Å²) < 4.78 is 0. The Hall–Kier alpha value is -1.76. The molecule has 0 fully saturated rings. The van der Waals surface area contributed by atoms with Gasteiger partial charge in [0.1, 0.15) is 0 Å². The predicted molar refractivity (Wildman–Crippen MR) is 77.0 cm³/mol. The smallest absolute Gasteiger partial charge is 0.0400 e. The molecule has 1 nitrogen and oxygen atoms in total. The number of anilines is 1. The maximum absolute atomic E-state index is 3.51. The molecule has 0 aliphatic heterocycles. The van der Waals surface area contributed by atoms with Crippen LogP contribution < -0.4 is 5.32 Å². The fourth-order valence-corrected chi connectivity index (χ4v) is 2.59. The number of hydrogen-bond acceptors (Lipinski definition) is 1. The molecule has 92 valence electrons. The summed E-state index contributed by atoms with van der Waals surface area (Å²) in [5.41, 5.74) is 6.97. The minimum atomic E-state index is 0.902. The molecule has 0 spiro atoms. The Balaban J connectivity index is 1.68. The number of aryl methyl sites for hydroxylation is 3. The van der Waals surface area contributed by atoms with E-state index in [2.05, 4.69) is 54.7 Å². The van der Waals surface area contributed by atoms with Crippen molar-refractivity contribution >= 4 is 5.69 Å². The number of fused-ring (bicyclic) bond motifs is 1. The highest BCUT2D eigenvalue weighted by Gasteiger charge is 2.10. The molecule has 0 atom stereocenters. The molecule has 0 saturated carbocycles. The van der Waals surface area contributed by atoms with Gasteiger partial charge in [0.05, 0.1) is 0 Å². The van der Waals surface area contributed by atoms with Gasteiger partial charge in [0.15, 0.2) is 0 Å². The Kier molecular flexibility index (Phi) is 3.06.